The first-order valence-corrected chi connectivity index (χ1v) is 5.41. The van der Waals surface area contributed by atoms with Crippen LogP contribution in [0.1, 0.15) is 18.0 Å². The Morgan fingerprint density at radius 3 is 2.75 bits per heavy atom. The second-order valence-corrected chi connectivity index (χ2v) is 4.35. The van der Waals surface area contributed by atoms with Crippen LogP contribution in [0.2, 0.25) is 0 Å². The lowest BCUT2D eigenvalue weighted by atomic mass is 10.0. The molecule has 0 aliphatic carbocycles. The van der Waals surface area contributed by atoms with Crippen LogP contribution in [0.4, 0.5) is 4.39 Å². The molecule has 0 amide bonds. The third kappa shape index (κ3) is 2.03. The Labute approximate surface area is 95.0 Å². The highest BCUT2D eigenvalue weighted by Crippen LogP contribution is 2.31. The van der Waals surface area contributed by atoms with E-state index in [1.807, 2.05) is 13.1 Å². The predicted molar refractivity (Wildman–Crippen MR) is 60.9 cm³/mol. The summed E-state index contributed by atoms with van der Waals surface area (Å²) in [4.78, 5) is 2.16. The van der Waals surface area contributed by atoms with E-state index in [2.05, 4.69) is 4.90 Å². The number of likely N-dealkylation sites (N-methyl/N-ethyl adjacent to an activating group) is 1. The van der Waals surface area contributed by atoms with Crippen LogP contribution < -0.4 is 10.5 Å². The third-order valence-electron chi connectivity index (χ3n) is 3.14. The molecule has 1 aromatic carbocycles. The van der Waals surface area contributed by atoms with Gasteiger partial charge in [-0.3, -0.25) is 4.90 Å². The number of methoxy groups -OCH3 is 1. The Hall–Kier alpha value is -1.13. The maximum atomic E-state index is 13.6. The number of benzene rings is 1. The highest BCUT2D eigenvalue weighted by atomic mass is 19.1. The van der Waals surface area contributed by atoms with Gasteiger partial charge in [-0.05, 0) is 31.2 Å². The van der Waals surface area contributed by atoms with Crippen molar-refractivity contribution < 1.29 is 9.13 Å². The molecular formula is C12H17FN2O. The van der Waals surface area contributed by atoms with Gasteiger partial charge in [-0.25, -0.2) is 4.39 Å². The minimum Gasteiger partial charge on any atom is -0.494 e. The molecule has 1 fully saturated rings. The highest BCUT2D eigenvalue weighted by molar-refractivity contribution is 5.31. The molecule has 0 aromatic heterocycles. The van der Waals surface area contributed by atoms with Crippen molar-refractivity contribution in [3.63, 3.8) is 0 Å². The summed E-state index contributed by atoms with van der Waals surface area (Å²) in [7, 11) is 3.48. The van der Waals surface area contributed by atoms with Crippen LogP contribution in [0.5, 0.6) is 5.75 Å². The van der Waals surface area contributed by atoms with Gasteiger partial charge in [0.05, 0.1) is 7.11 Å². The van der Waals surface area contributed by atoms with Crippen LogP contribution in [0, 0.1) is 5.82 Å². The van der Waals surface area contributed by atoms with E-state index in [1.54, 1.807) is 6.07 Å². The zero-order chi connectivity index (χ0) is 11.7. The molecule has 0 bridgehead atoms. The summed E-state index contributed by atoms with van der Waals surface area (Å²) in [6.45, 7) is 0.859. The minimum atomic E-state index is -0.311. The molecule has 3 nitrogen and oxygen atoms in total. The van der Waals surface area contributed by atoms with Crippen molar-refractivity contribution in [1.29, 1.82) is 0 Å². The molecular weight excluding hydrogens is 207 g/mol. The number of likely N-dealkylation sites (tertiary alicyclic amines) is 1. The fourth-order valence-corrected chi connectivity index (χ4v) is 2.32. The number of nitrogens with two attached hydrogens (primary N) is 1. The zero-order valence-electron chi connectivity index (χ0n) is 9.61. The van der Waals surface area contributed by atoms with Gasteiger partial charge in [-0.2, -0.15) is 0 Å². The maximum Gasteiger partial charge on any atom is 0.165 e. The van der Waals surface area contributed by atoms with E-state index in [0.717, 1.165) is 18.5 Å². The second-order valence-electron chi connectivity index (χ2n) is 4.35. The van der Waals surface area contributed by atoms with E-state index in [0.29, 0.717) is 0 Å². The van der Waals surface area contributed by atoms with Crippen LogP contribution in [-0.4, -0.2) is 31.6 Å². The quantitative estimate of drug-likeness (QED) is 0.828. The first kappa shape index (κ1) is 11.4. The molecule has 16 heavy (non-hydrogen) atoms. The Balaban J connectivity index is 2.24. The van der Waals surface area contributed by atoms with E-state index in [9.17, 15) is 4.39 Å². The lowest BCUT2D eigenvalue weighted by Crippen LogP contribution is -2.24. The van der Waals surface area contributed by atoms with Crippen molar-refractivity contribution in [2.75, 3.05) is 20.7 Å². The first-order chi connectivity index (χ1) is 7.61. The van der Waals surface area contributed by atoms with Gasteiger partial charge in [0.1, 0.15) is 0 Å². The first-order valence-electron chi connectivity index (χ1n) is 5.41. The minimum absolute atomic E-state index is 0.181. The Kier molecular flexibility index (Phi) is 3.12. The van der Waals surface area contributed by atoms with Gasteiger partial charge >= 0.3 is 0 Å². The summed E-state index contributed by atoms with van der Waals surface area (Å²) in [5.41, 5.74) is 6.85. The van der Waals surface area contributed by atoms with Crippen LogP contribution in [0.25, 0.3) is 0 Å². The van der Waals surface area contributed by atoms with Gasteiger partial charge in [-0.15, -0.1) is 0 Å². The lowest BCUT2D eigenvalue weighted by Gasteiger charge is -2.19. The summed E-state index contributed by atoms with van der Waals surface area (Å²) in [6, 6.07) is 5.51. The Morgan fingerprint density at radius 2 is 2.25 bits per heavy atom. The summed E-state index contributed by atoms with van der Waals surface area (Å²) >= 11 is 0. The monoisotopic (exact) mass is 224 g/mol. The topological polar surface area (TPSA) is 38.5 Å². The lowest BCUT2D eigenvalue weighted by molar-refractivity contribution is 0.314. The zero-order valence-corrected chi connectivity index (χ0v) is 9.61. The van der Waals surface area contributed by atoms with Crippen molar-refractivity contribution in [1.82, 2.24) is 4.90 Å². The summed E-state index contributed by atoms with van der Waals surface area (Å²) in [5, 5.41) is 0. The summed E-state index contributed by atoms with van der Waals surface area (Å²) in [5.74, 6) is -0.0254. The summed E-state index contributed by atoms with van der Waals surface area (Å²) in [6.07, 6.45) is 0.877. The fourth-order valence-electron chi connectivity index (χ4n) is 2.32. The molecule has 0 spiro atoms. The highest BCUT2D eigenvalue weighted by Gasteiger charge is 2.28. The van der Waals surface area contributed by atoms with Crippen molar-refractivity contribution >= 4 is 0 Å². The summed E-state index contributed by atoms with van der Waals surface area (Å²) < 4.78 is 18.5. The van der Waals surface area contributed by atoms with Crippen molar-refractivity contribution in [3.8, 4) is 5.75 Å². The van der Waals surface area contributed by atoms with Crippen LogP contribution in [0.3, 0.4) is 0 Å². The number of rotatable bonds is 2. The molecule has 88 valence electrons. The molecule has 1 aliphatic rings. The van der Waals surface area contributed by atoms with E-state index in [4.69, 9.17) is 10.5 Å². The SMILES string of the molecule is COc1ccc(C2CC(N)CN2C)cc1F. The molecule has 2 atom stereocenters. The van der Waals surface area contributed by atoms with Gasteiger partial charge in [0, 0.05) is 18.6 Å². The van der Waals surface area contributed by atoms with Gasteiger partial charge in [0.25, 0.3) is 0 Å². The Bertz CT molecular complexity index is 383. The van der Waals surface area contributed by atoms with Gasteiger partial charge < -0.3 is 10.5 Å². The van der Waals surface area contributed by atoms with E-state index in [1.165, 1.54) is 13.2 Å². The number of hydrogen-bond acceptors (Lipinski definition) is 3. The molecule has 4 heteroatoms. The number of halogens is 1. The van der Waals surface area contributed by atoms with Crippen molar-refractivity contribution in [3.05, 3.63) is 29.6 Å². The van der Waals surface area contributed by atoms with E-state index in [-0.39, 0.29) is 23.7 Å². The molecule has 2 unspecified atom stereocenters. The standard InChI is InChI=1S/C12H17FN2O/c1-15-7-9(14)6-11(15)8-3-4-12(16-2)10(13)5-8/h3-5,9,11H,6-7,14H2,1-2H3. The predicted octanol–water partition coefficient (Wildman–Crippen LogP) is 1.54. The van der Waals surface area contributed by atoms with Gasteiger partial charge in [0.15, 0.2) is 11.6 Å². The van der Waals surface area contributed by atoms with E-state index >= 15 is 0 Å². The molecule has 0 radical (unpaired) electrons. The van der Waals surface area contributed by atoms with Gasteiger partial charge in [-0.1, -0.05) is 6.07 Å². The molecule has 1 aromatic rings. The normalized spacial score (nSPS) is 26.0. The van der Waals surface area contributed by atoms with Crippen LogP contribution >= 0.6 is 0 Å². The number of nitrogens with zero attached hydrogens (tertiary/aromatic N) is 1. The smallest absolute Gasteiger partial charge is 0.165 e. The second kappa shape index (κ2) is 4.39. The molecule has 1 aliphatic heterocycles. The average Bonchev–Trinajstić information content (AvgIpc) is 2.58. The van der Waals surface area contributed by atoms with E-state index < -0.39 is 0 Å². The third-order valence-corrected chi connectivity index (χ3v) is 3.14. The largest absolute Gasteiger partial charge is 0.494 e. The van der Waals surface area contributed by atoms with Crippen molar-refractivity contribution in [2.45, 2.75) is 18.5 Å². The van der Waals surface area contributed by atoms with Crippen molar-refractivity contribution in [2.24, 2.45) is 5.73 Å². The Morgan fingerprint density at radius 1 is 1.50 bits per heavy atom. The average molecular weight is 224 g/mol. The van der Waals surface area contributed by atoms with Crippen LogP contribution in [-0.2, 0) is 0 Å². The maximum absolute atomic E-state index is 13.6. The fraction of sp³-hybridized carbons (Fsp3) is 0.500. The molecule has 1 saturated heterocycles. The van der Waals surface area contributed by atoms with Gasteiger partial charge in [0.2, 0.25) is 0 Å². The molecule has 2 rings (SSSR count). The van der Waals surface area contributed by atoms with Crippen LogP contribution in [0.15, 0.2) is 18.2 Å². The number of hydrogen-bond donors (Lipinski definition) is 1. The molecule has 0 saturated carbocycles. The molecule has 1 heterocycles. The number of ether oxygens (including phenoxy) is 1. The molecule has 2 N–H and O–H groups in total.